The first kappa shape index (κ1) is 19.2. The van der Waals surface area contributed by atoms with Crippen molar-refractivity contribution in [1.82, 2.24) is 0 Å². The summed E-state index contributed by atoms with van der Waals surface area (Å²) in [5.74, 6) is -0.717. The molecule has 1 N–H and O–H groups in total. The van der Waals surface area contributed by atoms with E-state index < -0.39 is 0 Å². The van der Waals surface area contributed by atoms with Crippen molar-refractivity contribution < 1.29 is 18.7 Å². The monoisotopic (exact) mass is 430 g/mol. The summed E-state index contributed by atoms with van der Waals surface area (Å²) < 4.78 is 27.9. The van der Waals surface area contributed by atoms with Crippen LogP contribution in [-0.2, 0) is 6.61 Å². The zero-order chi connectivity index (χ0) is 18.8. The van der Waals surface area contributed by atoms with Gasteiger partial charge in [0.2, 0.25) is 0 Å². The van der Waals surface area contributed by atoms with Crippen molar-refractivity contribution in [1.29, 1.82) is 0 Å². The number of aldehydes is 1. The van der Waals surface area contributed by atoms with Crippen molar-refractivity contribution in [3.63, 3.8) is 0 Å². The van der Waals surface area contributed by atoms with Crippen LogP contribution < -0.4 is 0 Å². The SMILES string of the molecule is O=Cc1sc2cccc(F)c2c1Cl.OCc1sc2cccc(F)c2c1Cl. The fourth-order valence-electron chi connectivity index (χ4n) is 2.39. The molecular formula is C18H10Cl2F2O2S2. The van der Waals surface area contributed by atoms with Crippen LogP contribution in [0, 0.1) is 11.6 Å². The second-order valence-electron chi connectivity index (χ2n) is 5.12. The molecule has 0 saturated heterocycles. The average Bonchev–Trinajstić information content (AvgIpc) is 3.14. The summed E-state index contributed by atoms with van der Waals surface area (Å²) in [6.07, 6.45) is 0.645. The predicted molar refractivity (Wildman–Crippen MR) is 105 cm³/mol. The highest BCUT2D eigenvalue weighted by Gasteiger charge is 2.13. The van der Waals surface area contributed by atoms with Crippen molar-refractivity contribution in [2.24, 2.45) is 0 Å². The van der Waals surface area contributed by atoms with E-state index >= 15 is 0 Å². The van der Waals surface area contributed by atoms with E-state index in [0.717, 1.165) is 4.70 Å². The molecule has 0 atom stereocenters. The molecule has 0 aliphatic carbocycles. The highest BCUT2D eigenvalue weighted by Crippen LogP contribution is 2.37. The second-order valence-corrected chi connectivity index (χ2v) is 8.10. The number of rotatable bonds is 2. The van der Waals surface area contributed by atoms with Crippen LogP contribution in [0.2, 0.25) is 10.0 Å². The highest BCUT2D eigenvalue weighted by molar-refractivity contribution is 7.21. The van der Waals surface area contributed by atoms with Crippen molar-refractivity contribution in [3.8, 4) is 0 Å². The number of carbonyl (C=O) groups excluding carboxylic acids is 1. The number of benzene rings is 2. The van der Waals surface area contributed by atoms with E-state index in [2.05, 4.69) is 0 Å². The van der Waals surface area contributed by atoms with Gasteiger partial charge in [-0.15, -0.1) is 22.7 Å². The molecule has 0 saturated carbocycles. The minimum absolute atomic E-state index is 0.141. The normalized spacial score (nSPS) is 10.8. The minimum Gasteiger partial charge on any atom is -0.391 e. The predicted octanol–water partition coefficient (Wildman–Crippen LogP) is 6.69. The molecule has 0 fully saturated rings. The molecule has 4 rings (SSSR count). The Hall–Kier alpha value is -1.57. The molecule has 0 bridgehead atoms. The lowest BCUT2D eigenvalue weighted by molar-refractivity contribution is 0.112. The third-order valence-electron chi connectivity index (χ3n) is 3.55. The van der Waals surface area contributed by atoms with E-state index in [1.807, 2.05) is 0 Å². The molecule has 134 valence electrons. The van der Waals surface area contributed by atoms with E-state index in [0.29, 0.717) is 36.5 Å². The Bertz CT molecular complexity index is 1110. The van der Waals surface area contributed by atoms with Crippen molar-refractivity contribution in [2.45, 2.75) is 6.61 Å². The molecule has 0 radical (unpaired) electrons. The Morgan fingerprint density at radius 2 is 1.46 bits per heavy atom. The lowest BCUT2D eigenvalue weighted by atomic mass is 10.2. The Morgan fingerprint density at radius 3 is 1.92 bits per heavy atom. The van der Waals surface area contributed by atoms with Crippen LogP contribution in [0.15, 0.2) is 36.4 Å². The third kappa shape index (κ3) is 3.48. The molecule has 0 aliphatic rings. The summed E-state index contributed by atoms with van der Waals surface area (Å²) in [5.41, 5.74) is 0. The summed E-state index contributed by atoms with van der Waals surface area (Å²) >= 11 is 14.2. The summed E-state index contributed by atoms with van der Waals surface area (Å²) in [7, 11) is 0. The number of aliphatic hydroxyl groups is 1. The van der Waals surface area contributed by atoms with Gasteiger partial charge in [-0.25, -0.2) is 8.78 Å². The Labute approximate surface area is 165 Å². The van der Waals surface area contributed by atoms with Gasteiger partial charge in [0, 0.05) is 25.0 Å². The van der Waals surface area contributed by atoms with E-state index in [-0.39, 0.29) is 23.3 Å². The maximum Gasteiger partial charge on any atom is 0.161 e. The van der Waals surface area contributed by atoms with Crippen LogP contribution in [0.1, 0.15) is 14.5 Å². The van der Waals surface area contributed by atoms with Crippen molar-refractivity contribution >= 4 is 72.3 Å². The topological polar surface area (TPSA) is 37.3 Å². The average molecular weight is 431 g/mol. The van der Waals surface area contributed by atoms with Crippen molar-refractivity contribution in [2.75, 3.05) is 0 Å². The highest BCUT2D eigenvalue weighted by atomic mass is 35.5. The van der Waals surface area contributed by atoms with Crippen LogP contribution in [0.3, 0.4) is 0 Å². The smallest absolute Gasteiger partial charge is 0.161 e. The van der Waals surface area contributed by atoms with E-state index in [1.54, 1.807) is 24.3 Å². The molecule has 0 unspecified atom stereocenters. The largest absolute Gasteiger partial charge is 0.391 e. The first-order valence-corrected chi connectivity index (χ1v) is 9.64. The van der Waals surface area contributed by atoms with Gasteiger partial charge in [0.1, 0.15) is 11.6 Å². The molecule has 0 amide bonds. The number of halogens is 4. The number of carbonyl (C=O) groups is 1. The fourth-order valence-corrected chi connectivity index (χ4v) is 5.11. The molecule has 4 aromatic rings. The molecule has 2 heterocycles. The number of hydrogen-bond acceptors (Lipinski definition) is 4. The molecule has 26 heavy (non-hydrogen) atoms. The summed E-state index contributed by atoms with van der Waals surface area (Å²) in [5, 5.41) is 10.2. The molecule has 8 heteroatoms. The number of thiophene rings is 2. The number of aliphatic hydroxyl groups excluding tert-OH is 1. The van der Waals surface area contributed by atoms with Crippen molar-refractivity contribution in [3.05, 3.63) is 67.8 Å². The van der Waals surface area contributed by atoms with Gasteiger partial charge in [-0.1, -0.05) is 35.3 Å². The zero-order valence-electron chi connectivity index (χ0n) is 12.9. The maximum absolute atomic E-state index is 13.2. The van der Waals surface area contributed by atoms with Crippen LogP contribution in [0.4, 0.5) is 8.78 Å². The summed E-state index contributed by atoms with van der Waals surface area (Å²) in [4.78, 5) is 11.5. The van der Waals surface area contributed by atoms with Gasteiger partial charge >= 0.3 is 0 Å². The number of hydrogen-bond donors (Lipinski definition) is 1. The van der Waals surface area contributed by atoms with E-state index in [4.69, 9.17) is 28.3 Å². The van der Waals surface area contributed by atoms with Gasteiger partial charge < -0.3 is 5.11 Å². The van der Waals surface area contributed by atoms with Gasteiger partial charge in [0.25, 0.3) is 0 Å². The van der Waals surface area contributed by atoms with Gasteiger partial charge in [0.05, 0.1) is 21.5 Å². The summed E-state index contributed by atoms with van der Waals surface area (Å²) in [6.45, 7) is -0.141. The summed E-state index contributed by atoms with van der Waals surface area (Å²) in [6, 6.07) is 9.44. The molecule has 2 aromatic carbocycles. The van der Waals surface area contributed by atoms with Crippen LogP contribution >= 0.6 is 45.9 Å². The maximum atomic E-state index is 13.2. The number of fused-ring (bicyclic) bond motifs is 2. The Kier molecular flexibility index (Phi) is 5.89. The van der Waals surface area contributed by atoms with Gasteiger partial charge in [-0.2, -0.15) is 0 Å². The van der Waals surface area contributed by atoms with Crippen LogP contribution in [0.25, 0.3) is 20.2 Å². The quantitative estimate of drug-likeness (QED) is 0.359. The van der Waals surface area contributed by atoms with Gasteiger partial charge in [-0.05, 0) is 24.3 Å². The first-order valence-electron chi connectivity index (χ1n) is 7.25. The molecule has 2 aromatic heterocycles. The molecule has 0 spiro atoms. The van der Waals surface area contributed by atoms with Crippen LogP contribution in [-0.4, -0.2) is 11.4 Å². The van der Waals surface area contributed by atoms with E-state index in [9.17, 15) is 13.6 Å². The fraction of sp³-hybridized carbons (Fsp3) is 0.0556. The Balaban J connectivity index is 0.000000151. The Morgan fingerprint density at radius 1 is 0.923 bits per heavy atom. The van der Waals surface area contributed by atoms with E-state index in [1.165, 1.54) is 34.8 Å². The third-order valence-corrected chi connectivity index (χ3v) is 6.81. The zero-order valence-corrected chi connectivity index (χ0v) is 16.1. The molecule has 2 nitrogen and oxygen atoms in total. The first-order chi connectivity index (χ1) is 12.5. The lowest BCUT2D eigenvalue weighted by Crippen LogP contribution is -1.77. The molecular weight excluding hydrogens is 421 g/mol. The van der Waals surface area contributed by atoms with Gasteiger partial charge in [0.15, 0.2) is 6.29 Å². The standard InChI is InChI=1S/C9H6ClFOS.C9H4ClFOS/c2*10-9-7(4-12)13-6-3-1-2-5(11)8(6)9/h1-3,12H,4H2;1-4H. The van der Waals surface area contributed by atoms with Crippen LogP contribution in [0.5, 0.6) is 0 Å². The minimum atomic E-state index is -0.383. The lowest BCUT2D eigenvalue weighted by Gasteiger charge is -1.92. The molecule has 0 aliphatic heterocycles. The second kappa shape index (κ2) is 7.98. The van der Waals surface area contributed by atoms with Gasteiger partial charge in [-0.3, -0.25) is 4.79 Å².